The second-order valence-corrected chi connectivity index (χ2v) is 11.3. The van der Waals surface area contributed by atoms with E-state index >= 15 is 0 Å². The Morgan fingerprint density at radius 2 is 0.955 bits per heavy atom. The van der Waals surface area contributed by atoms with Crippen LogP contribution in [0.3, 0.4) is 0 Å². The summed E-state index contributed by atoms with van der Waals surface area (Å²) in [5.74, 6) is 0. The third kappa shape index (κ3) is 4.71. The van der Waals surface area contributed by atoms with Crippen molar-refractivity contribution in [1.29, 1.82) is 0 Å². The molecule has 0 saturated carbocycles. The van der Waals surface area contributed by atoms with Gasteiger partial charge in [0.2, 0.25) is 0 Å². The number of fused-ring (bicyclic) bond motifs is 3. The van der Waals surface area contributed by atoms with Crippen LogP contribution in [0.2, 0.25) is 0 Å². The van der Waals surface area contributed by atoms with Crippen molar-refractivity contribution >= 4 is 34.0 Å². The molecule has 210 valence electrons. The number of aromatic nitrogens is 1. The van der Waals surface area contributed by atoms with Crippen molar-refractivity contribution < 1.29 is 0 Å². The highest BCUT2D eigenvalue weighted by atomic mass is 15.1. The molecule has 0 radical (unpaired) electrons. The van der Waals surface area contributed by atoms with Crippen LogP contribution in [0.15, 0.2) is 164 Å². The van der Waals surface area contributed by atoms with Crippen molar-refractivity contribution in [3.63, 3.8) is 0 Å². The molecule has 0 bridgehead atoms. The normalized spacial score (nSPS) is 12.3. The first kappa shape index (κ1) is 26.1. The standard InChI is InChI=1S/C42H32N2/c1-3-11-31(12-4-1)32-19-25-36(26-20-32)43(35-13-5-2-6-14-35)37-27-21-33(22-28-37)34-23-29-38(30-24-34)44-41-17-9-7-15-39(41)40-16-8-10-18-42(40)44/h1-7,9-15,17-30H,8,16H2. The maximum Gasteiger partial charge on any atom is 0.0537 e. The number of hydrogen-bond donors (Lipinski definition) is 0. The molecule has 44 heavy (non-hydrogen) atoms. The summed E-state index contributed by atoms with van der Waals surface area (Å²) in [5.41, 5.74) is 13.5. The fraction of sp³-hybridized carbons (Fsp3) is 0.0476. The van der Waals surface area contributed by atoms with E-state index in [-0.39, 0.29) is 0 Å². The van der Waals surface area contributed by atoms with Gasteiger partial charge in [0.05, 0.1) is 5.52 Å². The third-order valence-corrected chi connectivity index (χ3v) is 8.69. The summed E-state index contributed by atoms with van der Waals surface area (Å²) in [5, 5.41) is 1.36. The molecular formula is C42H32N2. The van der Waals surface area contributed by atoms with E-state index in [0.717, 1.165) is 29.9 Å². The molecule has 0 spiro atoms. The molecule has 0 amide bonds. The first-order valence-corrected chi connectivity index (χ1v) is 15.3. The van der Waals surface area contributed by atoms with Gasteiger partial charge in [-0.05, 0) is 101 Å². The smallest absolute Gasteiger partial charge is 0.0537 e. The average Bonchev–Trinajstić information content (AvgIpc) is 3.44. The molecule has 0 saturated heterocycles. The van der Waals surface area contributed by atoms with Gasteiger partial charge < -0.3 is 9.47 Å². The van der Waals surface area contributed by atoms with Crippen LogP contribution in [0.1, 0.15) is 17.7 Å². The topological polar surface area (TPSA) is 8.17 Å². The van der Waals surface area contributed by atoms with Gasteiger partial charge in [-0.25, -0.2) is 0 Å². The lowest BCUT2D eigenvalue weighted by atomic mass is 10.0. The Kier molecular flexibility index (Phi) is 6.66. The molecule has 7 aromatic rings. The van der Waals surface area contributed by atoms with Crippen LogP contribution >= 0.6 is 0 Å². The molecule has 1 heterocycles. The van der Waals surface area contributed by atoms with Crippen molar-refractivity contribution in [2.24, 2.45) is 0 Å². The fourth-order valence-electron chi connectivity index (χ4n) is 6.53. The van der Waals surface area contributed by atoms with Crippen LogP contribution in [0.25, 0.3) is 44.9 Å². The average molecular weight is 565 g/mol. The van der Waals surface area contributed by atoms with Crippen molar-refractivity contribution in [1.82, 2.24) is 4.57 Å². The summed E-state index contributed by atoms with van der Waals surface area (Å²) in [7, 11) is 0. The van der Waals surface area contributed by atoms with E-state index in [1.807, 2.05) is 0 Å². The zero-order valence-electron chi connectivity index (χ0n) is 24.5. The van der Waals surface area contributed by atoms with Gasteiger partial charge in [0.1, 0.15) is 0 Å². The van der Waals surface area contributed by atoms with E-state index < -0.39 is 0 Å². The van der Waals surface area contributed by atoms with Crippen LogP contribution in [0.5, 0.6) is 0 Å². The molecule has 0 aliphatic heterocycles. The van der Waals surface area contributed by atoms with Gasteiger partial charge in [0.25, 0.3) is 0 Å². The van der Waals surface area contributed by atoms with Crippen molar-refractivity contribution in [2.75, 3.05) is 4.90 Å². The first-order chi connectivity index (χ1) is 21.8. The third-order valence-electron chi connectivity index (χ3n) is 8.69. The Balaban J connectivity index is 1.11. The number of aryl methyl sites for hydroxylation is 1. The maximum absolute atomic E-state index is 2.41. The minimum atomic E-state index is 1.10. The van der Waals surface area contributed by atoms with Crippen molar-refractivity contribution in [3.05, 3.63) is 175 Å². The lowest BCUT2D eigenvalue weighted by Crippen LogP contribution is -2.09. The van der Waals surface area contributed by atoms with E-state index in [1.54, 1.807) is 0 Å². The Morgan fingerprint density at radius 3 is 1.59 bits per heavy atom. The van der Waals surface area contributed by atoms with Gasteiger partial charge in [-0.2, -0.15) is 0 Å². The number of nitrogens with zero attached hydrogens (tertiary/aromatic N) is 2. The highest BCUT2D eigenvalue weighted by Crippen LogP contribution is 2.37. The molecule has 6 aromatic carbocycles. The zero-order chi connectivity index (χ0) is 29.3. The molecule has 1 aromatic heterocycles. The van der Waals surface area contributed by atoms with E-state index in [1.165, 1.54) is 50.1 Å². The Bertz CT molecular complexity index is 2070. The quantitative estimate of drug-likeness (QED) is 0.195. The minimum Gasteiger partial charge on any atom is -0.311 e. The summed E-state index contributed by atoms with van der Waals surface area (Å²) in [6, 6.07) is 56.6. The molecule has 0 atom stereocenters. The number of rotatable bonds is 6. The predicted molar refractivity (Wildman–Crippen MR) is 186 cm³/mol. The summed E-state index contributed by atoms with van der Waals surface area (Å²) in [6.45, 7) is 0. The van der Waals surface area contributed by atoms with Crippen LogP contribution in [0, 0.1) is 0 Å². The predicted octanol–water partition coefficient (Wildman–Crippen LogP) is 11.4. The number of para-hydroxylation sites is 2. The Morgan fingerprint density at radius 1 is 0.455 bits per heavy atom. The maximum atomic E-state index is 2.41. The van der Waals surface area contributed by atoms with Gasteiger partial charge in [0.15, 0.2) is 0 Å². The molecule has 1 aliphatic carbocycles. The summed E-state index contributed by atoms with van der Waals surface area (Å²) < 4.78 is 2.41. The number of benzene rings is 6. The van der Waals surface area contributed by atoms with Crippen LogP contribution in [-0.2, 0) is 6.42 Å². The molecule has 0 unspecified atom stereocenters. The highest BCUT2D eigenvalue weighted by molar-refractivity contribution is 5.91. The number of allylic oxidation sites excluding steroid dienone is 1. The summed E-state index contributed by atoms with van der Waals surface area (Å²) >= 11 is 0. The molecule has 8 rings (SSSR count). The molecule has 2 nitrogen and oxygen atoms in total. The second-order valence-electron chi connectivity index (χ2n) is 11.3. The lowest BCUT2D eigenvalue weighted by Gasteiger charge is -2.26. The number of hydrogen-bond acceptors (Lipinski definition) is 1. The summed E-state index contributed by atoms with van der Waals surface area (Å²) in [6.07, 6.45) is 6.79. The Labute approximate surface area is 258 Å². The second kappa shape index (κ2) is 11.2. The van der Waals surface area contributed by atoms with Gasteiger partial charge in [-0.1, -0.05) is 109 Å². The van der Waals surface area contributed by atoms with E-state index in [2.05, 4.69) is 179 Å². The molecule has 0 N–H and O–H groups in total. The summed E-state index contributed by atoms with van der Waals surface area (Å²) in [4.78, 5) is 2.31. The van der Waals surface area contributed by atoms with Crippen molar-refractivity contribution in [3.8, 4) is 27.9 Å². The van der Waals surface area contributed by atoms with Gasteiger partial charge >= 0.3 is 0 Å². The SMILES string of the molecule is C1=Cc2c(c3ccccc3n2-c2ccc(-c3ccc(N(c4ccccc4)c4ccc(-c5ccccc5)cc4)cc3)cc2)CC1. The highest BCUT2D eigenvalue weighted by Gasteiger charge is 2.18. The molecule has 1 aliphatic rings. The van der Waals surface area contributed by atoms with E-state index in [9.17, 15) is 0 Å². The fourth-order valence-corrected chi connectivity index (χ4v) is 6.53. The number of anilines is 3. The van der Waals surface area contributed by atoms with Gasteiger partial charge in [-0.15, -0.1) is 0 Å². The Hall–Kier alpha value is -5.60. The van der Waals surface area contributed by atoms with Crippen LogP contribution < -0.4 is 4.90 Å². The monoisotopic (exact) mass is 564 g/mol. The van der Waals surface area contributed by atoms with E-state index in [4.69, 9.17) is 0 Å². The lowest BCUT2D eigenvalue weighted by molar-refractivity contribution is 0.967. The first-order valence-electron chi connectivity index (χ1n) is 15.3. The van der Waals surface area contributed by atoms with Gasteiger partial charge in [-0.3, -0.25) is 0 Å². The molecular weight excluding hydrogens is 532 g/mol. The largest absolute Gasteiger partial charge is 0.311 e. The zero-order valence-corrected chi connectivity index (χ0v) is 24.5. The van der Waals surface area contributed by atoms with Crippen molar-refractivity contribution in [2.45, 2.75) is 12.8 Å². The van der Waals surface area contributed by atoms with E-state index in [0.29, 0.717) is 0 Å². The minimum absolute atomic E-state index is 1.10. The van der Waals surface area contributed by atoms with Gasteiger partial charge in [0, 0.05) is 33.8 Å². The van der Waals surface area contributed by atoms with Crippen LogP contribution in [-0.4, -0.2) is 4.57 Å². The molecule has 2 heteroatoms. The molecule has 0 fully saturated rings. The van der Waals surface area contributed by atoms with Crippen LogP contribution in [0.4, 0.5) is 17.1 Å².